The normalized spacial score (nSPS) is 31.6. The van der Waals surface area contributed by atoms with Gasteiger partial charge in [0.25, 0.3) is 5.91 Å². The molecule has 2 fully saturated rings. The number of rotatable bonds is 3. The molecule has 0 aliphatic heterocycles. The lowest BCUT2D eigenvalue weighted by atomic mass is 9.84. The van der Waals surface area contributed by atoms with E-state index in [1.54, 1.807) is 16.9 Å². The van der Waals surface area contributed by atoms with E-state index in [9.17, 15) is 4.79 Å². The first-order valence-corrected chi connectivity index (χ1v) is 6.94. The van der Waals surface area contributed by atoms with Crippen LogP contribution in [0.1, 0.15) is 43.1 Å². The van der Waals surface area contributed by atoms with E-state index in [0.29, 0.717) is 11.6 Å². The van der Waals surface area contributed by atoms with Gasteiger partial charge in [0.1, 0.15) is 5.69 Å². The molecule has 0 radical (unpaired) electrons. The number of hydrogen-bond donors (Lipinski definition) is 1. The van der Waals surface area contributed by atoms with Crippen molar-refractivity contribution in [3.63, 3.8) is 0 Å². The number of aromatic nitrogens is 2. The molecule has 1 N–H and O–H groups in total. The second kappa shape index (κ2) is 4.41. The van der Waals surface area contributed by atoms with Crippen molar-refractivity contribution in [2.75, 3.05) is 0 Å². The number of nitrogens with one attached hydrogen (secondary N) is 1. The number of nitrogens with zero attached hydrogens (tertiary/aromatic N) is 2. The first kappa shape index (κ1) is 11.8. The highest BCUT2D eigenvalue weighted by Crippen LogP contribution is 2.49. The Hall–Kier alpha value is -1.32. The van der Waals surface area contributed by atoms with Crippen molar-refractivity contribution in [2.24, 2.45) is 24.8 Å². The number of hydrogen-bond acceptors (Lipinski definition) is 2. The smallest absolute Gasteiger partial charge is 0.271 e. The van der Waals surface area contributed by atoms with Crippen LogP contribution >= 0.6 is 0 Å². The van der Waals surface area contributed by atoms with Crippen LogP contribution in [-0.2, 0) is 7.05 Å². The molecular weight excluding hydrogens is 226 g/mol. The second-order valence-corrected chi connectivity index (χ2v) is 5.98. The van der Waals surface area contributed by atoms with Crippen LogP contribution in [0.25, 0.3) is 0 Å². The number of carbonyl (C=O) groups is 1. The minimum Gasteiger partial charge on any atom is -0.348 e. The standard InChI is InChI=1S/C14H21N3O/c1-9(12-8-10-3-4-11(12)7-10)15-14(18)13-5-6-17(2)16-13/h5-6,9-12H,3-4,7-8H2,1-2H3,(H,15,18). The highest BCUT2D eigenvalue weighted by atomic mass is 16.2. The molecule has 1 amide bonds. The number of aryl methyl sites for hydroxylation is 1. The quantitative estimate of drug-likeness (QED) is 0.887. The van der Waals surface area contributed by atoms with Gasteiger partial charge in [-0.1, -0.05) is 6.42 Å². The van der Waals surface area contributed by atoms with Crippen molar-refractivity contribution in [2.45, 2.75) is 38.6 Å². The van der Waals surface area contributed by atoms with Crippen molar-refractivity contribution < 1.29 is 4.79 Å². The summed E-state index contributed by atoms with van der Waals surface area (Å²) in [6, 6.07) is 2.04. The predicted molar refractivity (Wildman–Crippen MR) is 69.1 cm³/mol. The van der Waals surface area contributed by atoms with E-state index in [1.165, 1.54) is 25.7 Å². The van der Waals surface area contributed by atoms with Crippen molar-refractivity contribution >= 4 is 5.91 Å². The van der Waals surface area contributed by atoms with E-state index in [4.69, 9.17) is 0 Å². The largest absolute Gasteiger partial charge is 0.348 e. The molecule has 4 atom stereocenters. The molecule has 2 aliphatic rings. The van der Waals surface area contributed by atoms with Gasteiger partial charge < -0.3 is 5.32 Å². The van der Waals surface area contributed by atoms with Gasteiger partial charge in [0.15, 0.2) is 0 Å². The molecule has 98 valence electrons. The Labute approximate surface area is 108 Å². The minimum absolute atomic E-state index is 0.0362. The molecule has 2 saturated carbocycles. The molecule has 0 aromatic carbocycles. The summed E-state index contributed by atoms with van der Waals surface area (Å²) < 4.78 is 1.66. The minimum atomic E-state index is -0.0362. The molecule has 1 aromatic rings. The fourth-order valence-corrected chi connectivity index (χ4v) is 3.83. The molecule has 1 aromatic heterocycles. The summed E-state index contributed by atoms with van der Waals surface area (Å²) in [6.07, 6.45) is 7.25. The zero-order valence-corrected chi connectivity index (χ0v) is 11.1. The Kier molecular flexibility index (Phi) is 2.88. The molecule has 2 bridgehead atoms. The molecule has 4 nitrogen and oxygen atoms in total. The third-order valence-electron chi connectivity index (χ3n) is 4.74. The SMILES string of the molecule is CC(NC(=O)c1ccn(C)n1)C1CC2CCC1C2. The summed E-state index contributed by atoms with van der Waals surface area (Å²) in [5.74, 6) is 2.41. The van der Waals surface area contributed by atoms with Crippen LogP contribution in [0.2, 0.25) is 0 Å². The summed E-state index contributed by atoms with van der Waals surface area (Å²) >= 11 is 0. The third kappa shape index (κ3) is 2.04. The van der Waals surface area contributed by atoms with Crippen LogP contribution in [0.5, 0.6) is 0 Å². The molecule has 4 heteroatoms. The molecule has 2 aliphatic carbocycles. The van der Waals surface area contributed by atoms with E-state index < -0.39 is 0 Å². The predicted octanol–water partition coefficient (Wildman–Crippen LogP) is 1.97. The summed E-state index contributed by atoms with van der Waals surface area (Å²) in [6.45, 7) is 2.15. The molecule has 0 saturated heterocycles. The number of fused-ring (bicyclic) bond motifs is 2. The Morgan fingerprint density at radius 3 is 2.89 bits per heavy atom. The molecule has 18 heavy (non-hydrogen) atoms. The maximum absolute atomic E-state index is 12.0. The first-order chi connectivity index (χ1) is 8.63. The number of carbonyl (C=O) groups excluding carboxylic acids is 1. The van der Waals surface area contributed by atoms with Crippen LogP contribution in [0.15, 0.2) is 12.3 Å². The maximum atomic E-state index is 12.0. The highest BCUT2D eigenvalue weighted by Gasteiger charge is 2.42. The molecule has 1 heterocycles. The van der Waals surface area contributed by atoms with Crippen molar-refractivity contribution in [3.8, 4) is 0 Å². The molecule has 3 rings (SSSR count). The first-order valence-electron chi connectivity index (χ1n) is 6.94. The number of amides is 1. The van der Waals surface area contributed by atoms with Crippen molar-refractivity contribution in [1.29, 1.82) is 0 Å². The Morgan fingerprint density at radius 1 is 1.50 bits per heavy atom. The van der Waals surface area contributed by atoms with Gasteiger partial charge >= 0.3 is 0 Å². The Bertz CT molecular complexity index is 454. The summed E-state index contributed by atoms with van der Waals surface area (Å²) in [5.41, 5.74) is 0.521. The molecule has 0 spiro atoms. The van der Waals surface area contributed by atoms with Gasteiger partial charge in [-0.05, 0) is 50.0 Å². The second-order valence-electron chi connectivity index (χ2n) is 5.98. The van der Waals surface area contributed by atoms with Crippen molar-refractivity contribution in [1.82, 2.24) is 15.1 Å². The summed E-state index contributed by atoms with van der Waals surface area (Å²) in [4.78, 5) is 12.0. The average Bonchev–Trinajstić information content (AvgIpc) is 3.03. The van der Waals surface area contributed by atoms with Crippen LogP contribution in [-0.4, -0.2) is 21.7 Å². The van der Waals surface area contributed by atoms with Gasteiger partial charge in [-0.15, -0.1) is 0 Å². The molecular formula is C14H21N3O. The van der Waals surface area contributed by atoms with Gasteiger partial charge in [0, 0.05) is 19.3 Å². The van der Waals surface area contributed by atoms with E-state index in [2.05, 4.69) is 17.3 Å². The Balaban J connectivity index is 1.61. The zero-order valence-electron chi connectivity index (χ0n) is 11.1. The summed E-state index contributed by atoms with van der Waals surface area (Å²) in [5, 5.41) is 7.26. The van der Waals surface area contributed by atoms with Gasteiger partial charge in [0.2, 0.25) is 0 Å². The summed E-state index contributed by atoms with van der Waals surface area (Å²) in [7, 11) is 1.83. The van der Waals surface area contributed by atoms with E-state index in [1.807, 2.05) is 7.05 Å². The van der Waals surface area contributed by atoms with Gasteiger partial charge in [0.05, 0.1) is 0 Å². The lowest BCUT2D eigenvalue weighted by Crippen LogP contribution is -2.40. The fraction of sp³-hybridized carbons (Fsp3) is 0.714. The van der Waals surface area contributed by atoms with Gasteiger partial charge in [-0.3, -0.25) is 9.48 Å². The zero-order chi connectivity index (χ0) is 12.7. The van der Waals surface area contributed by atoms with Crippen molar-refractivity contribution in [3.05, 3.63) is 18.0 Å². The van der Waals surface area contributed by atoms with E-state index >= 15 is 0 Å². The maximum Gasteiger partial charge on any atom is 0.271 e. The van der Waals surface area contributed by atoms with E-state index in [-0.39, 0.29) is 11.9 Å². The van der Waals surface area contributed by atoms with Gasteiger partial charge in [-0.25, -0.2) is 0 Å². The van der Waals surface area contributed by atoms with Crippen LogP contribution in [0.4, 0.5) is 0 Å². The van der Waals surface area contributed by atoms with Crippen LogP contribution in [0.3, 0.4) is 0 Å². The monoisotopic (exact) mass is 247 g/mol. The third-order valence-corrected chi connectivity index (χ3v) is 4.74. The highest BCUT2D eigenvalue weighted by molar-refractivity contribution is 5.92. The molecule has 4 unspecified atom stereocenters. The van der Waals surface area contributed by atoms with Crippen LogP contribution < -0.4 is 5.32 Å². The average molecular weight is 247 g/mol. The fourth-order valence-electron chi connectivity index (χ4n) is 3.83. The van der Waals surface area contributed by atoms with Gasteiger partial charge in [-0.2, -0.15) is 5.10 Å². The lowest BCUT2D eigenvalue weighted by Gasteiger charge is -2.28. The topological polar surface area (TPSA) is 46.9 Å². The van der Waals surface area contributed by atoms with Crippen LogP contribution in [0, 0.1) is 17.8 Å². The lowest BCUT2D eigenvalue weighted by molar-refractivity contribution is 0.0909. The Morgan fingerprint density at radius 2 is 2.33 bits per heavy atom. The van der Waals surface area contributed by atoms with E-state index in [0.717, 1.165) is 11.8 Å².